The van der Waals surface area contributed by atoms with E-state index >= 15 is 0 Å². The highest BCUT2D eigenvalue weighted by Gasteiger charge is 2.37. The SMILES string of the molecule is Cc1cccc(C)c1-c1cc(OCC(CC(C)C)NC2CC(C)(C)C2)nc(NS(=O)c2cccc(C(=O)O)c2)n1. The minimum atomic E-state index is -1.78. The van der Waals surface area contributed by atoms with Crippen LogP contribution in [-0.4, -0.2) is 43.9 Å². The molecule has 0 spiro atoms. The van der Waals surface area contributed by atoms with Crippen molar-refractivity contribution in [2.45, 2.75) is 77.8 Å². The lowest BCUT2D eigenvalue weighted by Gasteiger charge is -2.44. The highest BCUT2D eigenvalue weighted by molar-refractivity contribution is 7.86. The van der Waals surface area contributed by atoms with Crippen molar-refractivity contribution < 1.29 is 18.8 Å². The molecule has 0 aliphatic heterocycles. The maximum atomic E-state index is 13.2. The zero-order chi connectivity index (χ0) is 29.0. The molecule has 2 atom stereocenters. The van der Waals surface area contributed by atoms with Gasteiger partial charge in [-0.25, -0.2) is 14.0 Å². The molecular formula is C31H40N4O4S. The molecule has 1 aromatic heterocycles. The molecule has 1 saturated carbocycles. The fourth-order valence-electron chi connectivity index (χ4n) is 5.44. The van der Waals surface area contributed by atoms with Crippen molar-refractivity contribution in [2.75, 3.05) is 11.3 Å². The Kier molecular flexibility index (Phi) is 9.26. The van der Waals surface area contributed by atoms with Crippen molar-refractivity contribution in [2.24, 2.45) is 11.3 Å². The van der Waals surface area contributed by atoms with E-state index in [4.69, 9.17) is 4.74 Å². The molecule has 2 aromatic carbocycles. The number of benzene rings is 2. The first-order valence-corrected chi connectivity index (χ1v) is 14.9. The molecule has 3 N–H and O–H groups in total. The first-order chi connectivity index (χ1) is 18.9. The molecule has 1 aliphatic carbocycles. The summed E-state index contributed by atoms with van der Waals surface area (Å²) in [6.45, 7) is 13.5. The molecular weight excluding hydrogens is 524 g/mol. The number of carboxylic acid groups (broad SMARTS) is 1. The topological polar surface area (TPSA) is 113 Å². The second-order valence-corrected chi connectivity index (χ2v) is 13.2. The van der Waals surface area contributed by atoms with Crippen molar-refractivity contribution in [3.8, 4) is 17.1 Å². The molecule has 214 valence electrons. The molecule has 1 aliphatic rings. The summed E-state index contributed by atoms with van der Waals surface area (Å²) in [4.78, 5) is 20.9. The third-order valence-corrected chi connectivity index (χ3v) is 8.23. The zero-order valence-electron chi connectivity index (χ0n) is 24.2. The summed E-state index contributed by atoms with van der Waals surface area (Å²) < 4.78 is 22.3. The lowest BCUT2D eigenvalue weighted by molar-refractivity contribution is 0.0696. The number of carboxylic acids is 1. The Labute approximate surface area is 239 Å². The standard InChI is InChI=1S/C31H40N4O4S/c1-19(2)13-23(32-24-16-31(5,6)17-24)18-39-27-15-26(28-20(3)9-7-10-21(28)4)33-30(34-27)35-40(38)25-12-8-11-22(14-25)29(36)37/h7-12,14-15,19,23-24,32H,13,16-18H2,1-6H3,(H,36,37)(H,33,34,35). The van der Waals surface area contributed by atoms with E-state index in [1.165, 1.54) is 12.1 Å². The Morgan fingerprint density at radius 3 is 2.40 bits per heavy atom. The lowest BCUT2D eigenvalue weighted by atomic mass is 9.68. The third-order valence-electron chi connectivity index (χ3n) is 7.18. The van der Waals surface area contributed by atoms with Crippen LogP contribution >= 0.6 is 0 Å². The molecule has 3 aromatic rings. The quantitative estimate of drug-likeness (QED) is 0.241. The Balaban J connectivity index is 1.60. The number of hydrogen-bond donors (Lipinski definition) is 3. The van der Waals surface area contributed by atoms with Crippen LogP contribution in [-0.2, 0) is 11.0 Å². The predicted octanol–water partition coefficient (Wildman–Crippen LogP) is 6.17. The Bertz CT molecular complexity index is 1360. The molecule has 0 radical (unpaired) electrons. The maximum absolute atomic E-state index is 13.2. The summed E-state index contributed by atoms with van der Waals surface area (Å²) in [6.07, 6.45) is 3.27. The van der Waals surface area contributed by atoms with Gasteiger partial charge in [-0.1, -0.05) is 52.0 Å². The number of aromatic carboxylic acids is 1. The highest BCUT2D eigenvalue weighted by atomic mass is 32.2. The highest BCUT2D eigenvalue weighted by Crippen LogP contribution is 2.40. The molecule has 9 heteroatoms. The second-order valence-electron chi connectivity index (χ2n) is 12.0. The molecule has 2 unspecified atom stereocenters. The molecule has 1 fully saturated rings. The average molecular weight is 565 g/mol. The van der Waals surface area contributed by atoms with Crippen LogP contribution in [0.1, 0.15) is 68.4 Å². The van der Waals surface area contributed by atoms with Crippen LogP contribution in [0.15, 0.2) is 53.4 Å². The van der Waals surface area contributed by atoms with Crippen molar-refractivity contribution in [3.05, 3.63) is 65.2 Å². The van der Waals surface area contributed by atoms with Crippen molar-refractivity contribution >= 4 is 22.9 Å². The fraction of sp³-hybridized carbons (Fsp3) is 0.452. The number of carbonyl (C=O) groups is 1. The van der Waals surface area contributed by atoms with E-state index < -0.39 is 17.0 Å². The largest absolute Gasteiger partial charge is 0.478 e. The van der Waals surface area contributed by atoms with E-state index in [1.54, 1.807) is 12.1 Å². The van der Waals surface area contributed by atoms with Gasteiger partial charge in [-0.2, -0.15) is 4.98 Å². The van der Waals surface area contributed by atoms with Crippen molar-refractivity contribution in [3.63, 3.8) is 0 Å². The Morgan fingerprint density at radius 2 is 1.77 bits per heavy atom. The van der Waals surface area contributed by atoms with E-state index in [-0.39, 0.29) is 17.6 Å². The monoisotopic (exact) mass is 564 g/mol. The van der Waals surface area contributed by atoms with Gasteiger partial charge in [0.15, 0.2) is 11.0 Å². The maximum Gasteiger partial charge on any atom is 0.335 e. The summed E-state index contributed by atoms with van der Waals surface area (Å²) in [5.74, 6) is -0.0527. The van der Waals surface area contributed by atoms with Gasteiger partial charge in [-0.3, -0.25) is 4.72 Å². The molecule has 0 saturated heterocycles. The summed E-state index contributed by atoms with van der Waals surface area (Å²) in [6, 6.07) is 14.5. The molecule has 1 heterocycles. The van der Waals surface area contributed by atoms with Crippen molar-refractivity contribution in [1.29, 1.82) is 0 Å². The van der Waals surface area contributed by atoms with Gasteiger partial charge >= 0.3 is 5.97 Å². The molecule has 4 rings (SSSR count). The van der Waals surface area contributed by atoms with Gasteiger partial charge < -0.3 is 15.2 Å². The number of ether oxygens (including phenoxy) is 1. The van der Waals surface area contributed by atoms with Crippen LogP contribution in [0.2, 0.25) is 0 Å². The fourth-order valence-corrected chi connectivity index (χ4v) is 6.25. The Hall–Kier alpha value is -3.30. The summed E-state index contributed by atoms with van der Waals surface area (Å²) in [5.41, 5.74) is 4.17. The van der Waals surface area contributed by atoms with Crippen LogP contribution in [0.25, 0.3) is 11.3 Å². The number of hydrogen-bond acceptors (Lipinski definition) is 6. The summed E-state index contributed by atoms with van der Waals surface area (Å²) in [7, 11) is -1.78. The van der Waals surface area contributed by atoms with Gasteiger partial charge in [-0.15, -0.1) is 0 Å². The van der Waals surface area contributed by atoms with Crippen molar-refractivity contribution in [1.82, 2.24) is 15.3 Å². The van der Waals surface area contributed by atoms with Crippen LogP contribution in [0.5, 0.6) is 5.88 Å². The van der Waals surface area contributed by atoms with Crippen LogP contribution in [0.4, 0.5) is 5.95 Å². The van der Waals surface area contributed by atoms with E-state index in [2.05, 4.69) is 47.7 Å². The van der Waals surface area contributed by atoms with Gasteiger partial charge in [0.2, 0.25) is 11.8 Å². The number of nitrogens with zero attached hydrogens (tertiary/aromatic N) is 2. The van der Waals surface area contributed by atoms with E-state index in [0.29, 0.717) is 40.5 Å². The van der Waals surface area contributed by atoms with E-state index in [1.807, 2.05) is 38.1 Å². The van der Waals surface area contributed by atoms with Crippen LogP contribution in [0.3, 0.4) is 0 Å². The molecule has 40 heavy (non-hydrogen) atoms. The lowest BCUT2D eigenvalue weighted by Crippen LogP contribution is -2.51. The second kappa shape index (κ2) is 12.5. The van der Waals surface area contributed by atoms with Gasteiger partial charge in [0, 0.05) is 23.7 Å². The average Bonchev–Trinajstić information content (AvgIpc) is 2.86. The smallest absolute Gasteiger partial charge is 0.335 e. The van der Waals surface area contributed by atoms with Gasteiger partial charge in [0.05, 0.1) is 16.2 Å². The normalized spacial score (nSPS) is 16.3. The van der Waals surface area contributed by atoms with Crippen LogP contribution < -0.4 is 14.8 Å². The number of aryl methyl sites for hydroxylation is 2. The third kappa shape index (κ3) is 7.67. The van der Waals surface area contributed by atoms with Gasteiger partial charge in [0.25, 0.3) is 0 Å². The first-order valence-electron chi connectivity index (χ1n) is 13.8. The minimum Gasteiger partial charge on any atom is -0.478 e. The van der Waals surface area contributed by atoms with E-state index in [0.717, 1.165) is 36.0 Å². The summed E-state index contributed by atoms with van der Waals surface area (Å²) in [5, 5.41) is 13.1. The van der Waals surface area contributed by atoms with Gasteiger partial charge in [-0.05, 0) is 73.8 Å². The predicted molar refractivity (Wildman–Crippen MR) is 159 cm³/mol. The van der Waals surface area contributed by atoms with Gasteiger partial charge in [0.1, 0.15) is 6.61 Å². The molecule has 0 amide bonds. The summed E-state index contributed by atoms with van der Waals surface area (Å²) >= 11 is 0. The van der Waals surface area contributed by atoms with Crippen LogP contribution in [0, 0.1) is 25.2 Å². The Morgan fingerprint density at radius 1 is 1.10 bits per heavy atom. The first kappa shape index (κ1) is 29.7. The van der Waals surface area contributed by atoms with E-state index in [9.17, 15) is 14.1 Å². The number of rotatable bonds is 12. The number of nitrogens with one attached hydrogen (secondary N) is 2. The number of anilines is 1. The molecule has 8 nitrogen and oxygen atoms in total. The zero-order valence-corrected chi connectivity index (χ0v) is 25.0. The minimum absolute atomic E-state index is 0.0559. The number of aromatic nitrogens is 2. The molecule has 0 bridgehead atoms.